The maximum atomic E-state index is 14.1. The van der Waals surface area contributed by atoms with E-state index in [1.165, 1.54) is 12.3 Å². The first-order valence-electron chi connectivity index (χ1n) is 8.54. The van der Waals surface area contributed by atoms with E-state index in [0.717, 1.165) is 4.57 Å². The Kier molecular flexibility index (Phi) is 4.89. The number of amides is 1. The molecule has 1 fully saturated rings. The van der Waals surface area contributed by atoms with Crippen molar-refractivity contribution in [3.8, 4) is 5.75 Å². The van der Waals surface area contributed by atoms with Gasteiger partial charge in [0.25, 0.3) is 5.91 Å². The van der Waals surface area contributed by atoms with Crippen LogP contribution in [0, 0.1) is 0 Å². The van der Waals surface area contributed by atoms with Crippen molar-refractivity contribution in [3.05, 3.63) is 53.1 Å². The molecule has 0 radical (unpaired) electrons. The number of carbonyl (C=O) groups excluding carboxylic acids is 1. The number of nitrogens with zero attached hydrogens (tertiary/aromatic N) is 2. The van der Waals surface area contributed by atoms with Gasteiger partial charge >= 0.3 is 5.69 Å². The maximum Gasteiger partial charge on any atom is 0.351 e. The summed E-state index contributed by atoms with van der Waals surface area (Å²) in [4.78, 5) is 27.7. The van der Waals surface area contributed by atoms with Gasteiger partial charge < -0.3 is 19.9 Å². The largest absolute Gasteiger partial charge is 0.484 e. The van der Waals surface area contributed by atoms with Crippen LogP contribution in [0.1, 0.15) is 14.5 Å². The molecule has 1 saturated heterocycles. The van der Waals surface area contributed by atoms with Gasteiger partial charge in [-0.1, -0.05) is 18.2 Å². The highest BCUT2D eigenvalue weighted by atomic mass is 19.1. The molecule has 0 saturated carbocycles. The minimum absolute atomic E-state index is 0.0242. The number of hydrogen-bond acceptors (Lipinski definition) is 6. The number of halogens is 1. The van der Waals surface area contributed by atoms with Gasteiger partial charge in [0, 0.05) is 7.57 Å². The Morgan fingerprint density at radius 1 is 1.46 bits per heavy atom. The van der Waals surface area contributed by atoms with Gasteiger partial charge in [0.2, 0.25) is 0 Å². The SMILES string of the molecule is [2H]C[C@H]1O[C@@H](n2ccc(NC(=O)COc3ccccc3)nc2=O)C(F)[C@H]1O. The van der Waals surface area contributed by atoms with E-state index >= 15 is 0 Å². The average Bonchev–Trinajstić information content (AvgIpc) is 2.95. The summed E-state index contributed by atoms with van der Waals surface area (Å²) < 4.78 is 32.7. The van der Waals surface area contributed by atoms with E-state index in [1.807, 2.05) is 6.07 Å². The second-order valence-electron chi connectivity index (χ2n) is 5.65. The number of benzene rings is 1. The van der Waals surface area contributed by atoms with E-state index in [0.29, 0.717) is 5.75 Å². The van der Waals surface area contributed by atoms with Crippen LogP contribution in [0.15, 0.2) is 47.4 Å². The number of aromatic nitrogens is 2. The zero-order valence-corrected chi connectivity index (χ0v) is 13.6. The lowest BCUT2D eigenvalue weighted by Crippen LogP contribution is -2.33. The highest BCUT2D eigenvalue weighted by Gasteiger charge is 2.43. The van der Waals surface area contributed by atoms with E-state index in [-0.39, 0.29) is 19.3 Å². The van der Waals surface area contributed by atoms with Crippen molar-refractivity contribution in [1.82, 2.24) is 9.55 Å². The Bertz CT molecular complexity index is 850. The van der Waals surface area contributed by atoms with Gasteiger partial charge in [-0.15, -0.1) is 0 Å². The number of aliphatic hydroxyl groups is 1. The van der Waals surface area contributed by atoms with Crippen molar-refractivity contribution in [3.63, 3.8) is 0 Å². The third-order valence-corrected chi connectivity index (χ3v) is 3.78. The van der Waals surface area contributed by atoms with Gasteiger partial charge in [0.1, 0.15) is 17.7 Å². The van der Waals surface area contributed by atoms with Gasteiger partial charge in [-0.2, -0.15) is 4.98 Å². The Labute approximate surface area is 149 Å². The summed E-state index contributed by atoms with van der Waals surface area (Å²) in [6, 6.07) is 10.0. The molecule has 3 rings (SSSR count). The fourth-order valence-corrected chi connectivity index (χ4v) is 2.45. The Hall–Kier alpha value is -2.78. The maximum absolute atomic E-state index is 14.1. The molecule has 0 spiro atoms. The second kappa shape index (κ2) is 7.63. The summed E-state index contributed by atoms with van der Waals surface area (Å²) in [7, 11) is 0. The quantitative estimate of drug-likeness (QED) is 0.816. The minimum Gasteiger partial charge on any atom is -0.484 e. The average molecular weight is 364 g/mol. The number of rotatable bonds is 5. The molecule has 1 unspecified atom stereocenters. The van der Waals surface area contributed by atoms with Gasteiger partial charge in [-0.25, -0.2) is 9.18 Å². The number of para-hydroxylation sites is 1. The van der Waals surface area contributed by atoms with Gasteiger partial charge in [0.05, 0.1) is 6.10 Å². The molecule has 26 heavy (non-hydrogen) atoms. The molecule has 1 aliphatic heterocycles. The molecule has 2 aromatic rings. The predicted molar refractivity (Wildman–Crippen MR) is 89.6 cm³/mol. The molecule has 2 N–H and O–H groups in total. The molecule has 0 bridgehead atoms. The van der Waals surface area contributed by atoms with Crippen LogP contribution in [0.2, 0.25) is 0 Å². The van der Waals surface area contributed by atoms with Crippen LogP contribution < -0.4 is 15.7 Å². The summed E-state index contributed by atoms with van der Waals surface area (Å²) >= 11 is 0. The van der Waals surface area contributed by atoms with E-state index in [1.54, 1.807) is 24.3 Å². The van der Waals surface area contributed by atoms with Crippen LogP contribution >= 0.6 is 0 Å². The Morgan fingerprint density at radius 2 is 2.23 bits per heavy atom. The number of ether oxygens (including phenoxy) is 2. The molecule has 0 aliphatic carbocycles. The first kappa shape index (κ1) is 16.7. The molecule has 1 amide bonds. The number of hydrogen-bond donors (Lipinski definition) is 2. The monoisotopic (exact) mass is 364 g/mol. The fourth-order valence-electron chi connectivity index (χ4n) is 2.45. The molecular formula is C17H18FN3O5. The van der Waals surface area contributed by atoms with Crippen molar-refractivity contribution >= 4 is 11.7 Å². The molecule has 1 aromatic carbocycles. The minimum atomic E-state index is -1.86. The zero-order chi connectivity index (χ0) is 19.4. The Morgan fingerprint density at radius 3 is 2.88 bits per heavy atom. The van der Waals surface area contributed by atoms with Gasteiger partial charge in [-0.05, 0) is 25.1 Å². The fraction of sp³-hybridized carbons (Fsp3) is 0.353. The van der Waals surface area contributed by atoms with Crippen LogP contribution in [0.5, 0.6) is 5.75 Å². The van der Waals surface area contributed by atoms with Crippen LogP contribution in [0.4, 0.5) is 10.2 Å². The summed E-state index contributed by atoms with van der Waals surface area (Å²) in [6.07, 6.45) is -4.54. The van der Waals surface area contributed by atoms with Crippen molar-refractivity contribution < 1.29 is 25.1 Å². The van der Waals surface area contributed by atoms with Gasteiger partial charge in [-0.3, -0.25) is 9.36 Å². The number of aliphatic hydroxyl groups excluding tert-OH is 1. The lowest BCUT2D eigenvalue weighted by Gasteiger charge is -2.16. The molecule has 8 nitrogen and oxygen atoms in total. The predicted octanol–water partition coefficient (Wildman–Crippen LogP) is 0.877. The standard InChI is InChI=1S/C17H18FN3O5/c1-10-15(23)14(18)16(26-10)21-8-7-12(20-17(21)24)19-13(22)9-25-11-5-3-2-4-6-11/h2-8,10,14-16,23H,9H2,1H3,(H,19,20,22,24)/t10-,14?,15+,16-/m1/s1/i1D. The molecule has 1 aromatic heterocycles. The number of carbonyl (C=O) groups is 1. The smallest absolute Gasteiger partial charge is 0.351 e. The van der Waals surface area contributed by atoms with Crippen LogP contribution in [-0.4, -0.2) is 45.6 Å². The third kappa shape index (κ3) is 3.89. The summed E-state index contributed by atoms with van der Waals surface area (Å²) in [5, 5.41) is 12.1. The summed E-state index contributed by atoms with van der Waals surface area (Å²) in [5.41, 5.74) is -0.859. The molecule has 4 atom stereocenters. The molecule has 2 heterocycles. The van der Waals surface area contributed by atoms with Crippen LogP contribution in [0.3, 0.4) is 0 Å². The van der Waals surface area contributed by atoms with Crippen LogP contribution in [-0.2, 0) is 9.53 Å². The van der Waals surface area contributed by atoms with Crippen molar-refractivity contribution in [1.29, 1.82) is 0 Å². The first-order valence-corrected chi connectivity index (χ1v) is 7.83. The molecule has 9 heteroatoms. The molecule has 138 valence electrons. The number of alkyl halides is 1. The number of anilines is 1. The summed E-state index contributed by atoms with van der Waals surface area (Å²) in [6.45, 7) is -0.611. The van der Waals surface area contributed by atoms with Gasteiger partial charge in [0.15, 0.2) is 19.0 Å². The lowest BCUT2D eigenvalue weighted by atomic mass is 10.2. The molecule has 1 aliphatic rings. The highest BCUT2D eigenvalue weighted by Crippen LogP contribution is 2.30. The van der Waals surface area contributed by atoms with E-state index in [2.05, 4.69) is 10.3 Å². The van der Waals surface area contributed by atoms with E-state index in [4.69, 9.17) is 10.8 Å². The second-order valence-corrected chi connectivity index (χ2v) is 5.65. The van der Waals surface area contributed by atoms with Crippen molar-refractivity contribution in [2.75, 3.05) is 11.9 Å². The third-order valence-electron chi connectivity index (χ3n) is 3.78. The number of nitrogens with one attached hydrogen (secondary N) is 1. The zero-order valence-electron chi connectivity index (χ0n) is 14.6. The highest BCUT2D eigenvalue weighted by molar-refractivity contribution is 5.90. The Balaban J connectivity index is 1.63. The van der Waals surface area contributed by atoms with Crippen molar-refractivity contribution in [2.45, 2.75) is 31.5 Å². The van der Waals surface area contributed by atoms with Crippen molar-refractivity contribution in [2.24, 2.45) is 0 Å². The lowest BCUT2D eigenvalue weighted by molar-refractivity contribution is -0.118. The topological polar surface area (TPSA) is 103 Å². The normalized spacial score (nSPS) is 25.5. The van der Waals surface area contributed by atoms with E-state index in [9.17, 15) is 19.1 Å². The first-order chi connectivity index (χ1) is 13.0. The molecular weight excluding hydrogens is 345 g/mol. The summed E-state index contributed by atoms with van der Waals surface area (Å²) in [5.74, 6) is -0.0245. The van der Waals surface area contributed by atoms with Crippen LogP contribution in [0.25, 0.3) is 0 Å². The van der Waals surface area contributed by atoms with E-state index < -0.39 is 36.2 Å².